The molecule has 30 heavy (non-hydrogen) atoms. The van der Waals surface area contributed by atoms with E-state index in [1.165, 1.54) is 0 Å². The van der Waals surface area contributed by atoms with E-state index in [9.17, 15) is 9.59 Å². The summed E-state index contributed by atoms with van der Waals surface area (Å²) in [6.07, 6.45) is 1.16. The lowest BCUT2D eigenvalue weighted by molar-refractivity contribution is -0.115. The summed E-state index contributed by atoms with van der Waals surface area (Å²) in [5.74, 6) is 0.559. The first-order chi connectivity index (χ1) is 14.4. The van der Waals surface area contributed by atoms with Crippen molar-refractivity contribution in [3.8, 4) is 5.75 Å². The quantitative estimate of drug-likeness (QED) is 0.821. The maximum absolute atomic E-state index is 12.7. The number of amides is 3. The average Bonchev–Trinajstić information content (AvgIpc) is 3.06. The van der Waals surface area contributed by atoms with Crippen molar-refractivity contribution in [2.75, 3.05) is 25.5 Å². The fourth-order valence-electron chi connectivity index (χ4n) is 3.97. The minimum absolute atomic E-state index is 0.125. The van der Waals surface area contributed by atoms with Crippen molar-refractivity contribution < 1.29 is 14.3 Å². The maximum atomic E-state index is 12.7. The largest absolute Gasteiger partial charge is 0.497 e. The number of benzene rings is 2. The molecule has 1 spiro atoms. The zero-order valence-electron chi connectivity index (χ0n) is 17.5. The maximum Gasteiger partial charge on any atom is 0.321 e. The molecule has 0 radical (unpaired) electrons. The molecule has 2 aromatic carbocycles. The Hall–Kier alpha value is -3.35. The highest BCUT2D eigenvalue weighted by Gasteiger charge is 2.42. The first-order valence-electron chi connectivity index (χ1n) is 10.1. The Morgan fingerprint density at radius 1 is 1.13 bits per heavy atom. The van der Waals surface area contributed by atoms with Crippen molar-refractivity contribution in [1.82, 2.24) is 10.2 Å². The van der Waals surface area contributed by atoms with Gasteiger partial charge in [-0.15, -0.1) is 0 Å². The van der Waals surface area contributed by atoms with E-state index in [-0.39, 0.29) is 11.9 Å². The minimum Gasteiger partial charge on any atom is -0.497 e. The van der Waals surface area contributed by atoms with Gasteiger partial charge in [-0.05, 0) is 49.7 Å². The Morgan fingerprint density at radius 3 is 2.47 bits per heavy atom. The van der Waals surface area contributed by atoms with Gasteiger partial charge in [0.15, 0.2) is 0 Å². The van der Waals surface area contributed by atoms with Crippen LogP contribution < -0.4 is 15.4 Å². The zero-order valence-corrected chi connectivity index (χ0v) is 17.5. The van der Waals surface area contributed by atoms with Gasteiger partial charge in [0.2, 0.25) is 0 Å². The number of methoxy groups -OCH3 is 1. The van der Waals surface area contributed by atoms with Crippen molar-refractivity contribution in [3.05, 3.63) is 59.2 Å². The van der Waals surface area contributed by atoms with Crippen LogP contribution in [0.2, 0.25) is 0 Å². The molecule has 4 rings (SSSR count). The molecule has 3 amide bonds. The molecule has 0 atom stereocenters. The van der Waals surface area contributed by atoms with Crippen molar-refractivity contribution in [1.29, 1.82) is 0 Å². The number of hydrogen-bond donors (Lipinski definition) is 2. The lowest BCUT2D eigenvalue weighted by Crippen LogP contribution is -2.53. The molecular weight excluding hydrogens is 380 g/mol. The Morgan fingerprint density at radius 2 is 1.83 bits per heavy atom. The SMILES string of the molecule is COc1ccc(C2=NC3(CCN(C(=O)Nc4ccc(C)cc4C)CC3)NC2=O)cc1. The summed E-state index contributed by atoms with van der Waals surface area (Å²) >= 11 is 0. The average molecular weight is 406 g/mol. The Balaban J connectivity index is 1.42. The van der Waals surface area contributed by atoms with E-state index in [0.29, 0.717) is 31.6 Å². The second kappa shape index (κ2) is 7.82. The number of aliphatic imine (C=N–C) groups is 1. The van der Waals surface area contributed by atoms with Gasteiger partial charge in [-0.2, -0.15) is 0 Å². The molecule has 156 valence electrons. The molecule has 0 unspecified atom stereocenters. The topological polar surface area (TPSA) is 83.0 Å². The van der Waals surface area contributed by atoms with Crippen LogP contribution in [0.25, 0.3) is 0 Å². The number of nitrogens with one attached hydrogen (secondary N) is 2. The van der Waals surface area contributed by atoms with E-state index in [2.05, 4.69) is 10.6 Å². The first-order valence-corrected chi connectivity index (χ1v) is 10.1. The number of urea groups is 1. The molecule has 2 N–H and O–H groups in total. The van der Waals surface area contributed by atoms with Crippen LogP contribution in [0.4, 0.5) is 10.5 Å². The van der Waals surface area contributed by atoms with Crippen molar-refractivity contribution in [2.45, 2.75) is 32.4 Å². The Bertz CT molecular complexity index is 1010. The fourth-order valence-corrected chi connectivity index (χ4v) is 3.97. The second-order valence-electron chi connectivity index (χ2n) is 7.91. The van der Waals surface area contributed by atoms with Gasteiger partial charge in [0.25, 0.3) is 5.91 Å². The fraction of sp³-hybridized carbons (Fsp3) is 0.348. The number of hydrogen-bond acceptors (Lipinski definition) is 4. The van der Waals surface area contributed by atoms with Gasteiger partial charge in [0.05, 0.1) is 7.11 Å². The van der Waals surface area contributed by atoms with Crippen LogP contribution in [0.15, 0.2) is 47.5 Å². The molecule has 7 heteroatoms. The third-order valence-corrected chi connectivity index (χ3v) is 5.75. The van der Waals surface area contributed by atoms with Crippen LogP contribution in [0.5, 0.6) is 5.75 Å². The number of piperidine rings is 1. The van der Waals surface area contributed by atoms with Crippen LogP contribution in [-0.2, 0) is 4.79 Å². The van der Waals surface area contributed by atoms with Crippen LogP contribution >= 0.6 is 0 Å². The number of nitrogens with zero attached hydrogens (tertiary/aromatic N) is 2. The van der Waals surface area contributed by atoms with Gasteiger partial charge < -0.3 is 20.3 Å². The highest BCUT2D eigenvalue weighted by Crippen LogP contribution is 2.29. The van der Waals surface area contributed by atoms with E-state index in [1.807, 2.05) is 56.3 Å². The standard InChI is InChI=1S/C23H26N4O3/c1-15-4-9-19(16(2)14-15)24-22(29)27-12-10-23(11-13-27)25-20(21(28)26-23)17-5-7-18(30-3)8-6-17/h4-9,14H,10-13H2,1-3H3,(H,24,29)(H,26,28). The molecule has 0 aromatic heterocycles. The summed E-state index contributed by atoms with van der Waals surface area (Å²) in [5.41, 5.74) is 3.58. The van der Waals surface area contributed by atoms with Gasteiger partial charge in [0.1, 0.15) is 17.1 Å². The molecular formula is C23H26N4O3. The smallest absolute Gasteiger partial charge is 0.321 e. The van der Waals surface area contributed by atoms with Gasteiger partial charge >= 0.3 is 6.03 Å². The van der Waals surface area contributed by atoms with Crippen LogP contribution in [0.1, 0.15) is 29.5 Å². The van der Waals surface area contributed by atoms with Gasteiger partial charge in [0, 0.05) is 37.2 Å². The summed E-state index contributed by atoms with van der Waals surface area (Å²) in [6, 6.07) is 13.1. The van der Waals surface area contributed by atoms with E-state index in [0.717, 1.165) is 28.1 Å². The number of likely N-dealkylation sites (tertiary alicyclic amines) is 1. The zero-order chi connectivity index (χ0) is 21.3. The lowest BCUT2D eigenvalue weighted by Gasteiger charge is -2.37. The molecule has 2 aromatic rings. The summed E-state index contributed by atoms with van der Waals surface area (Å²) < 4.78 is 5.17. The van der Waals surface area contributed by atoms with Gasteiger partial charge in [-0.25, -0.2) is 4.79 Å². The normalized spacial score (nSPS) is 17.5. The third kappa shape index (κ3) is 3.87. The molecule has 1 fully saturated rings. The Kier molecular flexibility index (Phi) is 5.20. The molecule has 1 saturated heterocycles. The number of aryl methyl sites for hydroxylation is 2. The molecule has 0 bridgehead atoms. The number of ether oxygens (including phenoxy) is 1. The first kappa shape index (κ1) is 19.9. The number of anilines is 1. The number of rotatable bonds is 3. The number of carbonyl (C=O) groups excluding carboxylic acids is 2. The lowest BCUT2D eigenvalue weighted by atomic mass is 9.98. The summed E-state index contributed by atoms with van der Waals surface area (Å²) in [7, 11) is 1.61. The third-order valence-electron chi connectivity index (χ3n) is 5.75. The number of carbonyl (C=O) groups is 2. The molecule has 7 nitrogen and oxygen atoms in total. The van der Waals surface area contributed by atoms with Crippen LogP contribution in [-0.4, -0.2) is 48.4 Å². The second-order valence-corrected chi connectivity index (χ2v) is 7.91. The monoisotopic (exact) mass is 406 g/mol. The van der Waals surface area contributed by atoms with Gasteiger partial charge in [-0.3, -0.25) is 9.79 Å². The van der Waals surface area contributed by atoms with Gasteiger partial charge in [-0.1, -0.05) is 17.7 Å². The summed E-state index contributed by atoms with van der Waals surface area (Å²) in [5, 5.41) is 6.03. The predicted molar refractivity (Wildman–Crippen MR) is 116 cm³/mol. The van der Waals surface area contributed by atoms with Crippen LogP contribution in [0, 0.1) is 13.8 Å². The van der Waals surface area contributed by atoms with E-state index in [1.54, 1.807) is 12.0 Å². The highest BCUT2D eigenvalue weighted by atomic mass is 16.5. The molecule has 2 aliphatic rings. The highest BCUT2D eigenvalue weighted by molar-refractivity contribution is 6.46. The minimum atomic E-state index is -0.636. The summed E-state index contributed by atoms with van der Waals surface area (Å²) in [4.78, 5) is 31.8. The molecule has 2 aliphatic heterocycles. The molecule has 0 aliphatic carbocycles. The molecule has 0 saturated carbocycles. The van der Waals surface area contributed by atoms with Crippen molar-refractivity contribution in [3.63, 3.8) is 0 Å². The van der Waals surface area contributed by atoms with Crippen molar-refractivity contribution in [2.24, 2.45) is 4.99 Å². The predicted octanol–water partition coefficient (Wildman–Crippen LogP) is 3.26. The van der Waals surface area contributed by atoms with Crippen molar-refractivity contribution >= 4 is 23.3 Å². The van der Waals surface area contributed by atoms with E-state index < -0.39 is 5.66 Å². The Labute approximate surface area is 176 Å². The summed E-state index contributed by atoms with van der Waals surface area (Å²) in [6.45, 7) is 5.06. The van der Waals surface area contributed by atoms with E-state index in [4.69, 9.17) is 9.73 Å². The molecule has 2 heterocycles. The van der Waals surface area contributed by atoms with E-state index >= 15 is 0 Å². The van der Waals surface area contributed by atoms with Crippen LogP contribution in [0.3, 0.4) is 0 Å².